The quantitative estimate of drug-likeness (QED) is 0.893. The van der Waals surface area contributed by atoms with Gasteiger partial charge in [0.2, 0.25) is 0 Å². The molecular weight excluding hydrogens is 230 g/mol. The van der Waals surface area contributed by atoms with Crippen molar-refractivity contribution in [3.8, 4) is 0 Å². The van der Waals surface area contributed by atoms with Crippen molar-refractivity contribution in [1.29, 1.82) is 0 Å². The lowest BCUT2D eigenvalue weighted by Gasteiger charge is -2.33. The van der Waals surface area contributed by atoms with E-state index in [2.05, 4.69) is 35.7 Å². The summed E-state index contributed by atoms with van der Waals surface area (Å²) in [6.07, 6.45) is 0.872. The largest absolute Gasteiger partial charge is 0.389 e. The fourth-order valence-corrected chi connectivity index (χ4v) is 3.34. The number of aliphatic hydroxyl groups is 1. The van der Waals surface area contributed by atoms with Crippen molar-refractivity contribution in [3.05, 3.63) is 29.8 Å². The van der Waals surface area contributed by atoms with Crippen LogP contribution in [0.15, 0.2) is 24.3 Å². The molecule has 1 fully saturated rings. The molecule has 1 N–H and O–H groups in total. The molecule has 0 radical (unpaired) electrons. The number of hydrogen-bond donors (Lipinski definition) is 1. The Morgan fingerprint density at radius 1 is 1.41 bits per heavy atom. The van der Waals surface area contributed by atoms with Gasteiger partial charge in [0.25, 0.3) is 0 Å². The molecule has 3 heteroatoms. The summed E-state index contributed by atoms with van der Waals surface area (Å²) < 4.78 is 0. The first kappa shape index (κ1) is 12.8. The van der Waals surface area contributed by atoms with Crippen LogP contribution in [0.3, 0.4) is 0 Å². The highest BCUT2D eigenvalue weighted by Crippen LogP contribution is 2.26. The van der Waals surface area contributed by atoms with Crippen LogP contribution >= 0.6 is 11.8 Å². The molecule has 1 unspecified atom stereocenters. The van der Waals surface area contributed by atoms with Crippen molar-refractivity contribution in [2.45, 2.75) is 31.6 Å². The minimum absolute atomic E-state index is 0.371. The Kier molecular flexibility index (Phi) is 4.35. The van der Waals surface area contributed by atoms with E-state index < -0.39 is 0 Å². The first-order chi connectivity index (χ1) is 8.20. The summed E-state index contributed by atoms with van der Waals surface area (Å²) in [6, 6.07) is 8.32. The highest BCUT2D eigenvalue weighted by atomic mass is 32.2. The van der Waals surface area contributed by atoms with Crippen LogP contribution in [0.5, 0.6) is 0 Å². The van der Waals surface area contributed by atoms with Crippen LogP contribution in [-0.4, -0.2) is 29.2 Å². The number of thioether (sulfide) groups is 1. The van der Waals surface area contributed by atoms with Gasteiger partial charge in [0.05, 0.1) is 6.10 Å². The summed E-state index contributed by atoms with van der Waals surface area (Å²) in [7, 11) is 0. The number of nitrogens with zero attached hydrogens (tertiary/aromatic N) is 1. The highest BCUT2D eigenvalue weighted by molar-refractivity contribution is 8.00. The normalized spacial score (nSPS) is 22.5. The Bertz CT molecular complexity index is 350. The van der Waals surface area contributed by atoms with E-state index >= 15 is 0 Å². The molecule has 0 saturated carbocycles. The van der Waals surface area contributed by atoms with Crippen LogP contribution < -0.4 is 4.90 Å². The molecule has 2 rings (SSSR count). The zero-order valence-electron chi connectivity index (χ0n) is 10.6. The molecular formula is C14H21NOS. The number of rotatable bonds is 3. The van der Waals surface area contributed by atoms with Gasteiger partial charge in [-0.05, 0) is 31.0 Å². The summed E-state index contributed by atoms with van der Waals surface area (Å²) >= 11 is 2.09. The molecule has 17 heavy (non-hydrogen) atoms. The summed E-state index contributed by atoms with van der Waals surface area (Å²) in [5, 5.41) is 10.3. The first-order valence-corrected chi connectivity index (χ1v) is 7.40. The van der Waals surface area contributed by atoms with E-state index in [9.17, 15) is 5.11 Å². The minimum Gasteiger partial charge on any atom is -0.389 e. The van der Waals surface area contributed by atoms with Crippen LogP contribution in [0, 0.1) is 0 Å². The average molecular weight is 251 g/mol. The van der Waals surface area contributed by atoms with E-state index in [0.29, 0.717) is 0 Å². The maximum atomic E-state index is 9.49. The fraction of sp³-hybridized carbons (Fsp3) is 0.571. The second kappa shape index (κ2) is 5.78. The highest BCUT2D eigenvalue weighted by Gasteiger charge is 2.19. The zero-order chi connectivity index (χ0) is 12.3. The molecule has 1 aliphatic rings. The number of aliphatic hydroxyl groups excluding tert-OH is 1. The van der Waals surface area contributed by atoms with Gasteiger partial charge in [0.15, 0.2) is 0 Å². The van der Waals surface area contributed by atoms with Gasteiger partial charge in [0, 0.05) is 29.8 Å². The Hall–Kier alpha value is -0.670. The van der Waals surface area contributed by atoms with Crippen molar-refractivity contribution in [2.75, 3.05) is 23.7 Å². The third kappa shape index (κ3) is 3.17. The van der Waals surface area contributed by atoms with E-state index in [-0.39, 0.29) is 6.10 Å². The Balaban J connectivity index is 2.06. The van der Waals surface area contributed by atoms with E-state index in [1.165, 1.54) is 17.9 Å². The molecule has 0 amide bonds. The second-order valence-electron chi connectivity index (χ2n) is 4.61. The maximum Gasteiger partial charge on any atom is 0.0761 e. The van der Waals surface area contributed by atoms with Crippen LogP contribution in [0.2, 0.25) is 0 Å². The molecule has 94 valence electrons. The average Bonchev–Trinajstić information content (AvgIpc) is 2.39. The second-order valence-corrected chi connectivity index (χ2v) is 6.02. The first-order valence-electron chi connectivity index (χ1n) is 6.35. The lowest BCUT2D eigenvalue weighted by molar-refractivity contribution is 0.199. The molecule has 1 saturated heterocycles. The summed E-state index contributed by atoms with van der Waals surface area (Å²) in [5.74, 6) is 1.22. The minimum atomic E-state index is -0.371. The SMILES string of the molecule is CCC1CN(c2ccc([C@H](C)O)cc2)CCS1. The Labute approximate surface area is 108 Å². The molecule has 2 nitrogen and oxygen atoms in total. The standard InChI is InChI=1S/C14H21NOS/c1-3-14-10-15(8-9-17-14)13-6-4-12(5-7-13)11(2)16/h4-7,11,14,16H,3,8-10H2,1-2H3/t11-,14?/m0/s1. The van der Waals surface area contributed by atoms with Gasteiger partial charge in [-0.3, -0.25) is 0 Å². The van der Waals surface area contributed by atoms with Crippen molar-refractivity contribution in [3.63, 3.8) is 0 Å². The third-order valence-corrected chi connectivity index (χ3v) is 4.71. The van der Waals surface area contributed by atoms with Gasteiger partial charge in [-0.15, -0.1) is 0 Å². The van der Waals surface area contributed by atoms with Gasteiger partial charge in [-0.2, -0.15) is 11.8 Å². The van der Waals surface area contributed by atoms with Crippen molar-refractivity contribution in [2.24, 2.45) is 0 Å². The lowest BCUT2D eigenvalue weighted by Crippen LogP contribution is -2.37. The van der Waals surface area contributed by atoms with E-state index in [1.54, 1.807) is 6.92 Å². The van der Waals surface area contributed by atoms with Crippen LogP contribution in [0.4, 0.5) is 5.69 Å². The molecule has 2 atom stereocenters. The van der Waals surface area contributed by atoms with Crippen molar-refractivity contribution < 1.29 is 5.11 Å². The molecule has 1 heterocycles. The molecule has 1 aliphatic heterocycles. The predicted octanol–water partition coefficient (Wildman–Crippen LogP) is 3.07. The zero-order valence-corrected chi connectivity index (χ0v) is 11.4. The van der Waals surface area contributed by atoms with Crippen LogP contribution in [0.25, 0.3) is 0 Å². The van der Waals surface area contributed by atoms with Gasteiger partial charge in [-0.1, -0.05) is 19.1 Å². The lowest BCUT2D eigenvalue weighted by atomic mass is 10.1. The van der Waals surface area contributed by atoms with E-state index in [0.717, 1.165) is 23.9 Å². The third-order valence-electron chi connectivity index (χ3n) is 3.33. The Morgan fingerprint density at radius 2 is 2.12 bits per heavy atom. The van der Waals surface area contributed by atoms with Gasteiger partial charge in [-0.25, -0.2) is 0 Å². The molecule has 1 aromatic rings. The molecule has 0 aliphatic carbocycles. The van der Waals surface area contributed by atoms with E-state index in [4.69, 9.17) is 0 Å². The van der Waals surface area contributed by atoms with Crippen molar-refractivity contribution in [1.82, 2.24) is 0 Å². The summed E-state index contributed by atoms with van der Waals surface area (Å²) in [6.45, 7) is 6.35. The van der Waals surface area contributed by atoms with Gasteiger partial charge >= 0.3 is 0 Å². The molecule has 0 spiro atoms. The van der Waals surface area contributed by atoms with E-state index in [1.807, 2.05) is 12.1 Å². The summed E-state index contributed by atoms with van der Waals surface area (Å²) in [5.41, 5.74) is 2.28. The molecule has 1 aromatic carbocycles. The Morgan fingerprint density at radius 3 is 2.71 bits per heavy atom. The van der Waals surface area contributed by atoms with Crippen LogP contribution in [-0.2, 0) is 0 Å². The molecule has 0 bridgehead atoms. The summed E-state index contributed by atoms with van der Waals surface area (Å²) in [4.78, 5) is 2.45. The van der Waals surface area contributed by atoms with Crippen LogP contribution in [0.1, 0.15) is 31.9 Å². The fourth-order valence-electron chi connectivity index (χ4n) is 2.16. The predicted molar refractivity (Wildman–Crippen MR) is 75.8 cm³/mol. The van der Waals surface area contributed by atoms with Gasteiger partial charge < -0.3 is 10.0 Å². The van der Waals surface area contributed by atoms with Crippen molar-refractivity contribution >= 4 is 17.4 Å². The number of anilines is 1. The maximum absolute atomic E-state index is 9.49. The van der Waals surface area contributed by atoms with Gasteiger partial charge in [0.1, 0.15) is 0 Å². The smallest absolute Gasteiger partial charge is 0.0761 e. The number of benzene rings is 1. The number of hydrogen-bond acceptors (Lipinski definition) is 3. The monoisotopic (exact) mass is 251 g/mol. The topological polar surface area (TPSA) is 23.5 Å². The molecule has 0 aromatic heterocycles.